The maximum Gasteiger partial charge on any atom is 0.270 e. The molecule has 1 N–H and O–H groups in total. The summed E-state index contributed by atoms with van der Waals surface area (Å²) in [4.78, 5) is 10.3. The van der Waals surface area contributed by atoms with Crippen molar-refractivity contribution in [3.05, 3.63) is 58.1 Å². The highest BCUT2D eigenvalue weighted by molar-refractivity contribution is 5.74. The number of nitro benzene ring substituents is 1. The number of hydrogen-bond donors (Lipinski definition) is 1. The number of aryl methyl sites for hydroxylation is 1. The molecule has 86 valence electrons. The fraction of sp³-hybridized carbons (Fsp3) is 0.0769. The lowest BCUT2D eigenvalue weighted by Crippen LogP contribution is -1.91. The molecule has 0 radical (unpaired) electrons. The van der Waals surface area contributed by atoms with E-state index in [1.807, 2.05) is 18.2 Å². The average Bonchev–Trinajstić information content (AvgIpc) is 2.33. The molecule has 2 rings (SSSR count). The zero-order chi connectivity index (χ0) is 12.4. The molecule has 0 bridgehead atoms. The molecule has 0 spiro atoms. The van der Waals surface area contributed by atoms with Gasteiger partial charge in [0.15, 0.2) is 0 Å². The van der Waals surface area contributed by atoms with Gasteiger partial charge in [-0.2, -0.15) is 0 Å². The van der Waals surface area contributed by atoms with Gasteiger partial charge in [-0.05, 0) is 18.1 Å². The van der Waals surface area contributed by atoms with E-state index in [0.717, 1.165) is 5.56 Å². The molecule has 0 fully saturated rings. The molecule has 0 aliphatic rings. The quantitative estimate of drug-likeness (QED) is 0.634. The molecule has 4 nitrogen and oxygen atoms in total. The van der Waals surface area contributed by atoms with Crippen LogP contribution >= 0.6 is 0 Å². The Morgan fingerprint density at radius 3 is 2.41 bits per heavy atom. The first kappa shape index (κ1) is 11.1. The molecule has 0 aromatic heterocycles. The number of phenolic OH excluding ortho intramolecular Hbond substituents is 1. The maximum absolute atomic E-state index is 10.8. The molecule has 0 unspecified atom stereocenters. The molecule has 0 aliphatic carbocycles. The third kappa shape index (κ3) is 2.10. The van der Waals surface area contributed by atoms with Crippen LogP contribution in [0.5, 0.6) is 5.75 Å². The van der Waals surface area contributed by atoms with Gasteiger partial charge in [-0.3, -0.25) is 10.1 Å². The molecule has 2 aromatic carbocycles. The van der Waals surface area contributed by atoms with Crippen LogP contribution in [-0.2, 0) is 0 Å². The summed E-state index contributed by atoms with van der Waals surface area (Å²) < 4.78 is 0. The molecular weight excluding hydrogens is 218 g/mol. The van der Waals surface area contributed by atoms with Crippen LogP contribution in [0.2, 0.25) is 0 Å². The Hall–Kier alpha value is -2.36. The summed E-state index contributed by atoms with van der Waals surface area (Å²) in [5, 5.41) is 20.7. The van der Waals surface area contributed by atoms with E-state index in [0.29, 0.717) is 11.1 Å². The number of aromatic hydroxyl groups is 1. The van der Waals surface area contributed by atoms with E-state index in [4.69, 9.17) is 0 Å². The topological polar surface area (TPSA) is 63.4 Å². The van der Waals surface area contributed by atoms with Gasteiger partial charge in [-0.1, -0.05) is 30.3 Å². The molecule has 0 aliphatic heterocycles. The normalized spacial score (nSPS) is 10.2. The minimum absolute atomic E-state index is 0.0147. The van der Waals surface area contributed by atoms with Crippen molar-refractivity contribution < 1.29 is 10.0 Å². The Bertz CT molecular complexity index is 564. The number of non-ortho nitro benzene ring substituents is 1. The van der Waals surface area contributed by atoms with Gasteiger partial charge >= 0.3 is 0 Å². The second-order valence-corrected chi connectivity index (χ2v) is 3.78. The van der Waals surface area contributed by atoms with Gasteiger partial charge in [0.1, 0.15) is 5.75 Å². The van der Waals surface area contributed by atoms with Gasteiger partial charge in [0, 0.05) is 17.7 Å². The smallest absolute Gasteiger partial charge is 0.270 e. The van der Waals surface area contributed by atoms with E-state index < -0.39 is 4.92 Å². The first-order chi connectivity index (χ1) is 8.09. The first-order valence-electron chi connectivity index (χ1n) is 5.13. The summed E-state index contributed by atoms with van der Waals surface area (Å²) in [5.41, 5.74) is 1.73. The Labute approximate surface area is 98.3 Å². The number of rotatable bonds is 2. The fourth-order valence-electron chi connectivity index (χ4n) is 1.70. The van der Waals surface area contributed by atoms with Crippen molar-refractivity contribution in [2.75, 3.05) is 0 Å². The van der Waals surface area contributed by atoms with Crippen molar-refractivity contribution in [2.24, 2.45) is 0 Å². The summed E-state index contributed by atoms with van der Waals surface area (Å²) in [6.45, 7) is 1.65. The lowest BCUT2D eigenvalue weighted by molar-refractivity contribution is -0.384. The van der Waals surface area contributed by atoms with E-state index in [9.17, 15) is 15.2 Å². The molecule has 4 heteroatoms. The van der Waals surface area contributed by atoms with E-state index >= 15 is 0 Å². The van der Waals surface area contributed by atoms with E-state index in [2.05, 4.69) is 0 Å². The molecule has 0 amide bonds. The van der Waals surface area contributed by atoms with Crippen molar-refractivity contribution in [1.29, 1.82) is 0 Å². The molecule has 0 saturated carbocycles. The number of phenols is 1. The predicted molar refractivity (Wildman–Crippen MR) is 64.9 cm³/mol. The summed E-state index contributed by atoms with van der Waals surface area (Å²) in [6.07, 6.45) is 0. The lowest BCUT2D eigenvalue weighted by atomic mass is 10.0. The summed E-state index contributed by atoms with van der Waals surface area (Å²) in [6, 6.07) is 11.9. The number of nitrogens with zero attached hydrogens (tertiary/aromatic N) is 1. The SMILES string of the molecule is Cc1cc([N+](=O)[O-])cc(-c2ccccc2)c1O. The maximum atomic E-state index is 10.8. The summed E-state index contributed by atoms with van der Waals surface area (Å²) >= 11 is 0. The van der Waals surface area contributed by atoms with Crippen LogP contribution in [0.1, 0.15) is 5.56 Å². The Morgan fingerprint density at radius 1 is 1.18 bits per heavy atom. The third-order valence-electron chi connectivity index (χ3n) is 2.58. The van der Waals surface area contributed by atoms with Gasteiger partial charge in [-0.25, -0.2) is 0 Å². The highest BCUT2D eigenvalue weighted by atomic mass is 16.6. The van der Waals surface area contributed by atoms with Crippen LogP contribution in [0.15, 0.2) is 42.5 Å². The standard InChI is InChI=1S/C13H11NO3/c1-9-7-11(14(16)17)8-12(13(9)15)10-5-3-2-4-6-10/h2-8,15H,1H3. The number of nitro groups is 1. The highest BCUT2D eigenvalue weighted by Gasteiger charge is 2.14. The Balaban J connectivity index is 2.65. The molecule has 0 atom stereocenters. The minimum Gasteiger partial charge on any atom is -0.507 e. The molecule has 2 aromatic rings. The molecule has 0 heterocycles. The summed E-state index contributed by atoms with van der Waals surface area (Å²) in [7, 11) is 0. The van der Waals surface area contributed by atoms with Gasteiger partial charge in [-0.15, -0.1) is 0 Å². The van der Waals surface area contributed by atoms with Crippen molar-refractivity contribution in [3.8, 4) is 16.9 Å². The van der Waals surface area contributed by atoms with Gasteiger partial charge in [0.25, 0.3) is 5.69 Å². The minimum atomic E-state index is -0.459. The van der Waals surface area contributed by atoms with Gasteiger partial charge in [0.05, 0.1) is 4.92 Å². The Morgan fingerprint density at radius 2 is 1.82 bits per heavy atom. The molecule has 17 heavy (non-hydrogen) atoms. The zero-order valence-corrected chi connectivity index (χ0v) is 9.25. The second-order valence-electron chi connectivity index (χ2n) is 3.78. The number of hydrogen-bond acceptors (Lipinski definition) is 3. The van der Waals surface area contributed by atoms with Gasteiger partial charge in [0.2, 0.25) is 0 Å². The zero-order valence-electron chi connectivity index (χ0n) is 9.25. The van der Waals surface area contributed by atoms with E-state index in [-0.39, 0.29) is 11.4 Å². The first-order valence-corrected chi connectivity index (χ1v) is 5.13. The van der Waals surface area contributed by atoms with Crippen molar-refractivity contribution in [3.63, 3.8) is 0 Å². The average molecular weight is 229 g/mol. The second kappa shape index (κ2) is 4.25. The molecular formula is C13H11NO3. The monoisotopic (exact) mass is 229 g/mol. The third-order valence-corrected chi connectivity index (χ3v) is 2.58. The van der Waals surface area contributed by atoms with Crippen molar-refractivity contribution >= 4 is 5.69 Å². The summed E-state index contributed by atoms with van der Waals surface area (Å²) in [5.74, 6) is 0.0850. The lowest BCUT2D eigenvalue weighted by Gasteiger charge is -2.07. The van der Waals surface area contributed by atoms with Crippen LogP contribution in [0.25, 0.3) is 11.1 Å². The van der Waals surface area contributed by atoms with Crippen LogP contribution in [0.3, 0.4) is 0 Å². The van der Waals surface area contributed by atoms with E-state index in [1.165, 1.54) is 12.1 Å². The van der Waals surface area contributed by atoms with E-state index in [1.54, 1.807) is 19.1 Å². The van der Waals surface area contributed by atoms with Crippen molar-refractivity contribution in [2.45, 2.75) is 6.92 Å². The van der Waals surface area contributed by atoms with Crippen LogP contribution in [-0.4, -0.2) is 10.0 Å². The van der Waals surface area contributed by atoms with Crippen LogP contribution < -0.4 is 0 Å². The highest BCUT2D eigenvalue weighted by Crippen LogP contribution is 2.35. The van der Waals surface area contributed by atoms with Crippen molar-refractivity contribution in [1.82, 2.24) is 0 Å². The molecule has 0 saturated heterocycles. The fourth-order valence-corrected chi connectivity index (χ4v) is 1.70. The Kier molecular flexibility index (Phi) is 2.78. The number of benzene rings is 2. The van der Waals surface area contributed by atoms with Gasteiger partial charge < -0.3 is 5.11 Å². The van der Waals surface area contributed by atoms with Crippen LogP contribution in [0.4, 0.5) is 5.69 Å². The largest absolute Gasteiger partial charge is 0.507 e. The van der Waals surface area contributed by atoms with Crippen LogP contribution in [0, 0.1) is 17.0 Å². The predicted octanol–water partition coefficient (Wildman–Crippen LogP) is 3.28.